The summed E-state index contributed by atoms with van der Waals surface area (Å²) in [6.45, 7) is 8.75. The molecule has 0 aromatic carbocycles. The van der Waals surface area contributed by atoms with E-state index in [9.17, 15) is 4.79 Å². The first-order valence-corrected chi connectivity index (χ1v) is 7.62. The number of carbonyl (C=O) groups is 1. The fraction of sp³-hybridized carbons (Fsp3) is 0.667. The Morgan fingerprint density at radius 1 is 1.33 bits per heavy atom. The predicted molar refractivity (Wildman–Crippen MR) is 82.6 cm³/mol. The second kappa shape index (κ2) is 6.74. The third-order valence-electron chi connectivity index (χ3n) is 3.44. The summed E-state index contributed by atoms with van der Waals surface area (Å²) in [5, 5.41) is 6.41. The molecule has 1 fully saturated rings. The van der Waals surface area contributed by atoms with Gasteiger partial charge in [0.15, 0.2) is 0 Å². The first-order chi connectivity index (χ1) is 10.1. The lowest BCUT2D eigenvalue weighted by atomic mass is 10.2. The highest BCUT2D eigenvalue weighted by atomic mass is 16.5. The van der Waals surface area contributed by atoms with Crippen LogP contribution in [0.2, 0.25) is 0 Å². The van der Waals surface area contributed by atoms with E-state index in [2.05, 4.69) is 20.6 Å². The van der Waals surface area contributed by atoms with Crippen molar-refractivity contribution in [2.45, 2.75) is 52.5 Å². The summed E-state index contributed by atoms with van der Waals surface area (Å²) in [7, 11) is 0. The van der Waals surface area contributed by atoms with E-state index in [1.165, 1.54) is 0 Å². The molecule has 0 saturated heterocycles. The number of anilines is 2. The van der Waals surface area contributed by atoms with Crippen molar-refractivity contribution in [3.8, 4) is 0 Å². The minimum atomic E-state index is -0.430. The maximum Gasteiger partial charge on any atom is 0.328 e. The number of nitrogens with one attached hydrogen (secondary N) is 2. The average Bonchev–Trinajstić information content (AvgIpc) is 3.28. The fourth-order valence-electron chi connectivity index (χ4n) is 2.07. The van der Waals surface area contributed by atoms with Gasteiger partial charge in [0.1, 0.15) is 23.5 Å². The third kappa shape index (κ3) is 3.83. The Kier molecular flexibility index (Phi) is 4.98. The number of rotatable bonds is 7. The van der Waals surface area contributed by atoms with Crippen LogP contribution in [-0.2, 0) is 9.53 Å². The molecule has 116 valence electrons. The second-order valence-electron chi connectivity index (χ2n) is 5.33. The van der Waals surface area contributed by atoms with Gasteiger partial charge in [-0.05, 0) is 40.5 Å². The van der Waals surface area contributed by atoms with Gasteiger partial charge in [-0.25, -0.2) is 14.8 Å². The van der Waals surface area contributed by atoms with E-state index in [0.717, 1.165) is 36.6 Å². The minimum Gasteiger partial charge on any atom is -0.464 e. The topological polar surface area (TPSA) is 76.1 Å². The van der Waals surface area contributed by atoms with Gasteiger partial charge in [0.2, 0.25) is 0 Å². The van der Waals surface area contributed by atoms with E-state index in [-0.39, 0.29) is 5.97 Å². The highest BCUT2D eigenvalue weighted by Crippen LogP contribution is 2.39. The number of hydrogen-bond donors (Lipinski definition) is 2. The molecular weight excluding hydrogens is 268 g/mol. The van der Waals surface area contributed by atoms with Crippen molar-refractivity contribution in [2.24, 2.45) is 0 Å². The first kappa shape index (κ1) is 15.5. The van der Waals surface area contributed by atoms with E-state index < -0.39 is 6.04 Å². The number of carbonyl (C=O) groups excluding carboxylic acids is 1. The molecule has 0 aliphatic heterocycles. The van der Waals surface area contributed by atoms with E-state index >= 15 is 0 Å². The molecule has 6 nitrogen and oxygen atoms in total. The zero-order valence-corrected chi connectivity index (χ0v) is 13.2. The number of nitrogens with zero attached hydrogens (tertiary/aromatic N) is 2. The number of hydrogen-bond acceptors (Lipinski definition) is 6. The molecule has 2 N–H and O–H groups in total. The van der Waals surface area contributed by atoms with Crippen molar-refractivity contribution in [1.82, 2.24) is 9.97 Å². The molecule has 1 aliphatic rings. The van der Waals surface area contributed by atoms with Crippen LogP contribution >= 0.6 is 0 Å². The van der Waals surface area contributed by atoms with Crippen LogP contribution in [-0.4, -0.2) is 35.1 Å². The van der Waals surface area contributed by atoms with Gasteiger partial charge in [0.05, 0.1) is 6.61 Å². The summed E-state index contributed by atoms with van der Waals surface area (Å²) in [6, 6.07) is -0.430. The maximum absolute atomic E-state index is 11.8. The van der Waals surface area contributed by atoms with Gasteiger partial charge in [0.25, 0.3) is 0 Å². The summed E-state index contributed by atoms with van der Waals surface area (Å²) in [4.78, 5) is 20.9. The summed E-state index contributed by atoms with van der Waals surface area (Å²) in [5.74, 6) is 2.60. The van der Waals surface area contributed by atoms with Gasteiger partial charge >= 0.3 is 5.97 Å². The van der Waals surface area contributed by atoms with E-state index in [1.54, 1.807) is 13.8 Å². The van der Waals surface area contributed by atoms with Crippen LogP contribution in [0.4, 0.5) is 11.6 Å². The molecule has 21 heavy (non-hydrogen) atoms. The summed E-state index contributed by atoms with van der Waals surface area (Å²) >= 11 is 0. The zero-order valence-electron chi connectivity index (χ0n) is 13.2. The number of aromatic nitrogens is 2. The summed E-state index contributed by atoms with van der Waals surface area (Å²) in [6.07, 6.45) is 2.28. The van der Waals surface area contributed by atoms with Crippen molar-refractivity contribution in [3.05, 3.63) is 11.4 Å². The second-order valence-corrected chi connectivity index (χ2v) is 5.33. The monoisotopic (exact) mass is 292 g/mol. The number of esters is 1. The molecule has 0 radical (unpaired) electrons. The number of ether oxygens (including phenoxy) is 1. The smallest absolute Gasteiger partial charge is 0.328 e. The molecule has 0 spiro atoms. The quantitative estimate of drug-likeness (QED) is 0.752. The molecule has 6 heteroatoms. The Hall–Kier alpha value is -1.85. The van der Waals surface area contributed by atoms with Crippen molar-refractivity contribution in [3.63, 3.8) is 0 Å². The molecular formula is C15H24N4O2. The molecule has 1 atom stereocenters. The largest absolute Gasteiger partial charge is 0.464 e. The van der Waals surface area contributed by atoms with Crippen LogP contribution in [0.3, 0.4) is 0 Å². The van der Waals surface area contributed by atoms with Gasteiger partial charge in [0, 0.05) is 18.0 Å². The molecule has 1 aromatic heterocycles. The molecule has 0 bridgehead atoms. The van der Waals surface area contributed by atoms with E-state index in [0.29, 0.717) is 18.3 Å². The normalized spacial score (nSPS) is 15.4. The predicted octanol–water partition coefficient (Wildman–Crippen LogP) is 2.46. The molecule has 1 saturated carbocycles. The third-order valence-corrected chi connectivity index (χ3v) is 3.44. The van der Waals surface area contributed by atoms with Gasteiger partial charge in [-0.1, -0.05) is 0 Å². The zero-order chi connectivity index (χ0) is 15.4. The lowest BCUT2D eigenvalue weighted by molar-refractivity contribution is -0.143. The molecule has 0 amide bonds. The maximum atomic E-state index is 11.8. The van der Waals surface area contributed by atoms with E-state index in [4.69, 9.17) is 4.74 Å². The van der Waals surface area contributed by atoms with Gasteiger partial charge in [-0.2, -0.15) is 0 Å². The Balaban J connectivity index is 2.22. The van der Waals surface area contributed by atoms with Crippen molar-refractivity contribution in [1.29, 1.82) is 0 Å². The van der Waals surface area contributed by atoms with Crippen LogP contribution in [0.5, 0.6) is 0 Å². The Labute approximate surface area is 125 Å². The molecule has 2 rings (SSSR count). The minimum absolute atomic E-state index is 0.270. The fourth-order valence-corrected chi connectivity index (χ4v) is 2.07. The van der Waals surface area contributed by atoms with E-state index in [1.807, 2.05) is 13.8 Å². The Morgan fingerprint density at radius 2 is 2.00 bits per heavy atom. The van der Waals surface area contributed by atoms with Gasteiger partial charge < -0.3 is 15.4 Å². The van der Waals surface area contributed by atoms with Gasteiger partial charge in [-0.3, -0.25) is 0 Å². The summed E-state index contributed by atoms with van der Waals surface area (Å²) in [5.41, 5.74) is 0.928. The first-order valence-electron chi connectivity index (χ1n) is 7.62. The van der Waals surface area contributed by atoms with Gasteiger partial charge in [-0.15, -0.1) is 0 Å². The summed E-state index contributed by atoms with van der Waals surface area (Å²) < 4.78 is 5.02. The van der Waals surface area contributed by atoms with Crippen LogP contribution in [0.15, 0.2) is 0 Å². The van der Waals surface area contributed by atoms with Crippen molar-refractivity contribution < 1.29 is 9.53 Å². The Morgan fingerprint density at radius 3 is 2.57 bits per heavy atom. The van der Waals surface area contributed by atoms with Crippen LogP contribution in [0, 0.1) is 6.92 Å². The van der Waals surface area contributed by atoms with Crippen molar-refractivity contribution >= 4 is 17.6 Å². The van der Waals surface area contributed by atoms with Crippen molar-refractivity contribution in [2.75, 3.05) is 23.8 Å². The lowest BCUT2D eigenvalue weighted by Crippen LogP contribution is -2.29. The molecule has 1 aliphatic carbocycles. The van der Waals surface area contributed by atoms with Crippen LogP contribution in [0.1, 0.15) is 50.9 Å². The highest BCUT2D eigenvalue weighted by Gasteiger charge is 2.28. The molecule has 1 unspecified atom stereocenters. The highest BCUT2D eigenvalue weighted by molar-refractivity contribution is 5.79. The molecule has 1 aromatic rings. The van der Waals surface area contributed by atoms with Crippen LogP contribution < -0.4 is 10.6 Å². The standard InChI is InChI=1S/C15H24N4O2/c1-5-16-12-9(3)13(17-10(4)15(20)21-6-2)19-14(18-12)11-7-8-11/h10-11H,5-8H2,1-4H3,(H2,16,17,18,19). The SMILES string of the molecule is CCNc1nc(C2CC2)nc(NC(C)C(=O)OCC)c1C. The van der Waals surface area contributed by atoms with Crippen LogP contribution in [0.25, 0.3) is 0 Å². The average molecular weight is 292 g/mol. The molecule has 1 heterocycles. The lowest BCUT2D eigenvalue weighted by Gasteiger charge is -2.17. The Bertz CT molecular complexity index is 515.